The summed E-state index contributed by atoms with van der Waals surface area (Å²) < 4.78 is 18.3. The van der Waals surface area contributed by atoms with Crippen molar-refractivity contribution in [2.24, 2.45) is 0 Å². The van der Waals surface area contributed by atoms with Gasteiger partial charge in [0.25, 0.3) is 5.91 Å². The second kappa shape index (κ2) is 13.8. The number of nitrogens with zero attached hydrogens (tertiary/aromatic N) is 6. The Morgan fingerprint density at radius 3 is 2.24 bits per heavy atom. The number of rotatable bonds is 12. The van der Waals surface area contributed by atoms with Crippen LogP contribution in [0.1, 0.15) is 17.2 Å². The van der Waals surface area contributed by atoms with Gasteiger partial charge in [-0.15, -0.1) is 5.10 Å². The van der Waals surface area contributed by atoms with Crippen molar-refractivity contribution in [3.05, 3.63) is 96.3 Å². The molecule has 1 N–H and O–H groups in total. The molecule has 5 rings (SSSR count). The van der Waals surface area contributed by atoms with Crippen molar-refractivity contribution < 1.29 is 23.8 Å². The van der Waals surface area contributed by atoms with Gasteiger partial charge in [-0.1, -0.05) is 23.4 Å². The molecule has 0 aliphatic heterocycles. The molecule has 0 spiro atoms. The van der Waals surface area contributed by atoms with Gasteiger partial charge in [-0.3, -0.25) is 14.6 Å². The number of fused-ring (bicyclic) bond motifs is 1. The topological polar surface area (TPSA) is 124 Å². The highest BCUT2D eigenvalue weighted by molar-refractivity contribution is 5.98. The number of methoxy groups -OCH3 is 3. The lowest BCUT2D eigenvalue weighted by Gasteiger charge is -2.32. The Morgan fingerprint density at radius 1 is 0.911 bits per heavy atom. The van der Waals surface area contributed by atoms with Crippen LogP contribution in [0.15, 0.2) is 85.2 Å². The van der Waals surface area contributed by atoms with E-state index >= 15 is 0 Å². The van der Waals surface area contributed by atoms with Gasteiger partial charge >= 0.3 is 0 Å². The highest BCUT2D eigenvalue weighted by atomic mass is 16.5. The third-order valence-corrected chi connectivity index (χ3v) is 7.32. The smallest absolute Gasteiger partial charge is 0.251 e. The summed E-state index contributed by atoms with van der Waals surface area (Å²) >= 11 is 0. The van der Waals surface area contributed by atoms with E-state index in [4.69, 9.17) is 14.2 Å². The minimum Gasteiger partial charge on any atom is -0.493 e. The standard InChI is InChI=1S/C33H35N7O5/c1-38(2)25-14-12-24(13-15-25)35-33(42)31(23-17-28(43-3)32(45-5)29(18-23)44-4)39(20-22-9-8-16-34-19-22)30(41)21-40-27-11-7-6-10-26(27)36-37-40/h6-19,31H,20-21H2,1-5H3,(H,35,42)/t31-/m1/s1. The first-order valence-electron chi connectivity index (χ1n) is 14.2. The molecule has 0 saturated carbocycles. The number of pyridine rings is 1. The molecule has 0 aliphatic carbocycles. The van der Waals surface area contributed by atoms with Crippen molar-refractivity contribution >= 4 is 34.2 Å². The van der Waals surface area contributed by atoms with E-state index in [1.165, 1.54) is 30.9 Å². The minimum absolute atomic E-state index is 0.0770. The molecular weight excluding hydrogens is 574 g/mol. The van der Waals surface area contributed by atoms with Crippen LogP contribution in [0.3, 0.4) is 0 Å². The van der Waals surface area contributed by atoms with Gasteiger partial charge in [0.2, 0.25) is 11.7 Å². The van der Waals surface area contributed by atoms with E-state index in [9.17, 15) is 9.59 Å². The van der Waals surface area contributed by atoms with E-state index in [-0.39, 0.29) is 19.0 Å². The summed E-state index contributed by atoms with van der Waals surface area (Å²) in [6.07, 6.45) is 3.31. The highest BCUT2D eigenvalue weighted by Crippen LogP contribution is 2.41. The molecule has 0 bridgehead atoms. The molecule has 12 heteroatoms. The van der Waals surface area contributed by atoms with Crippen LogP contribution < -0.4 is 24.4 Å². The molecule has 232 valence electrons. The molecule has 1 atom stereocenters. The number of aromatic nitrogens is 4. The third-order valence-electron chi connectivity index (χ3n) is 7.32. The maximum Gasteiger partial charge on any atom is 0.251 e. The van der Waals surface area contributed by atoms with Crippen molar-refractivity contribution in [3.63, 3.8) is 0 Å². The number of carbonyl (C=O) groups excluding carboxylic acids is 2. The summed E-state index contributed by atoms with van der Waals surface area (Å²) in [5.74, 6) is 0.238. The fraction of sp³-hybridized carbons (Fsp3) is 0.242. The van der Waals surface area contributed by atoms with E-state index in [0.717, 1.165) is 11.3 Å². The Bertz CT molecular complexity index is 1750. The Labute approximate surface area is 261 Å². The molecule has 5 aromatic rings. The Balaban J connectivity index is 1.62. The van der Waals surface area contributed by atoms with E-state index in [1.807, 2.05) is 73.6 Å². The first kappa shape index (κ1) is 30.8. The van der Waals surface area contributed by atoms with Crippen LogP contribution in [-0.2, 0) is 22.7 Å². The number of para-hydroxylation sites is 1. The summed E-state index contributed by atoms with van der Waals surface area (Å²) in [6.45, 7) is -0.0832. The fourth-order valence-corrected chi connectivity index (χ4v) is 5.05. The molecule has 0 fully saturated rings. The first-order valence-corrected chi connectivity index (χ1v) is 14.2. The molecule has 12 nitrogen and oxygen atoms in total. The Kier molecular flexibility index (Phi) is 9.42. The lowest BCUT2D eigenvalue weighted by molar-refractivity contribution is -0.140. The number of ether oxygens (including phenoxy) is 3. The summed E-state index contributed by atoms with van der Waals surface area (Å²) in [7, 11) is 8.37. The monoisotopic (exact) mass is 609 g/mol. The van der Waals surface area contributed by atoms with Crippen LogP contribution in [0.25, 0.3) is 11.0 Å². The molecule has 0 radical (unpaired) electrons. The van der Waals surface area contributed by atoms with Gasteiger partial charge in [-0.05, 0) is 65.7 Å². The van der Waals surface area contributed by atoms with Gasteiger partial charge in [0.1, 0.15) is 18.1 Å². The van der Waals surface area contributed by atoms with Crippen LogP contribution in [0, 0.1) is 0 Å². The van der Waals surface area contributed by atoms with E-state index in [1.54, 1.807) is 30.6 Å². The van der Waals surface area contributed by atoms with E-state index < -0.39 is 11.9 Å². The zero-order valence-corrected chi connectivity index (χ0v) is 25.8. The minimum atomic E-state index is -1.13. The van der Waals surface area contributed by atoms with Crippen LogP contribution >= 0.6 is 0 Å². The normalized spacial score (nSPS) is 11.5. The molecule has 2 heterocycles. The van der Waals surface area contributed by atoms with Crippen LogP contribution in [-0.4, -0.2) is 72.1 Å². The molecule has 2 aromatic heterocycles. The number of anilines is 2. The van der Waals surface area contributed by atoms with Gasteiger partial charge < -0.3 is 29.3 Å². The van der Waals surface area contributed by atoms with Crippen molar-refractivity contribution in [2.45, 2.75) is 19.1 Å². The summed E-state index contributed by atoms with van der Waals surface area (Å²) in [6, 6.07) is 20.7. The lowest BCUT2D eigenvalue weighted by atomic mass is 10.0. The molecular formula is C33H35N7O5. The summed E-state index contributed by atoms with van der Waals surface area (Å²) in [5, 5.41) is 11.4. The van der Waals surface area contributed by atoms with Crippen LogP contribution in [0.5, 0.6) is 17.2 Å². The molecule has 45 heavy (non-hydrogen) atoms. The average Bonchev–Trinajstić information content (AvgIpc) is 3.47. The predicted molar refractivity (Wildman–Crippen MR) is 171 cm³/mol. The molecule has 0 saturated heterocycles. The second-order valence-electron chi connectivity index (χ2n) is 10.4. The number of hydrogen-bond acceptors (Lipinski definition) is 9. The maximum atomic E-state index is 14.4. The second-order valence-corrected chi connectivity index (χ2v) is 10.4. The fourth-order valence-electron chi connectivity index (χ4n) is 5.05. The lowest BCUT2D eigenvalue weighted by Crippen LogP contribution is -2.42. The number of hydrogen-bond donors (Lipinski definition) is 1. The number of amides is 2. The van der Waals surface area contributed by atoms with Crippen molar-refractivity contribution in [2.75, 3.05) is 45.6 Å². The zero-order chi connectivity index (χ0) is 31.9. The van der Waals surface area contributed by atoms with Gasteiger partial charge in [-0.2, -0.15) is 0 Å². The predicted octanol–water partition coefficient (Wildman–Crippen LogP) is 4.33. The number of carbonyl (C=O) groups is 2. The number of benzene rings is 3. The molecule has 2 amide bonds. The van der Waals surface area contributed by atoms with Gasteiger partial charge in [0.05, 0.1) is 26.8 Å². The van der Waals surface area contributed by atoms with E-state index in [0.29, 0.717) is 39.5 Å². The molecule has 0 unspecified atom stereocenters. The number of nitrogens with one attached hydrogen (secondary N) is 1. The molecule has 0 aliphatic rings. The zero-order valence-electron chi connectivity index (χ0n) is 25.8. The Hall–Kier alpha value is -5.65. The van der Waals surface area contributed by atoms with Crippen molar-refractivity contribution in [1.29, 1.82) is 0 Å². The quantitative estimate of drug-likeness (QED) is 0.220. The highest BCUT2D eigenvalue weighted by Gasteiger charge is 2.34. The van der Waals surface area contributed by atoms with Gasteiger partial charge in [0, 0.05) is 44.4 Å². The SMILES string of the molecule is COc1cc([C@H](C(=O)Nc2ccc(N(C)C)cc2)N(Cc2cccnc2)C(=O)Cn2nnc3ccccc32)cc(OC)c1OC. The third kappa shape index (κ3) is 6.80. The van der Waals surface area contributed by atoms with Crippen molar-refractivity contribution in [1.82, 2.24) is 24.9 Å². The van der Waals surface area contributed by atoms with Crippen LogP contribution in [0.2, 0.25) is 0 Å². The maximum absolute atomic E-state index is 14.4. The summed E-state index contributed by atoms with van der Waals surface area (Å²) in [5.41, 5.74) is 4.08. The largest absolute Gasteiger partial charge is 0.493 e. The van der Waals surface area contributed by atoms with Crippen molar-refractivity contribution in [3.8, 4) is 17.2 Å². The van der Waals surface area contributed by atoms with Gasteiger partial charge in [-0.25, -0.2) is 4.68 Å². The Morgan fingerprint density at radius 2 is 1.62 bits per heavy atom. The molecule has 3 aromatic carbocycles. The van der Waals surface area contributed by atoms with Crippen LogP contribution in [0.4, 0.5) is 11.4 Å². The summed E-state index contributed by atoms with van der Waals surface area (Å²) in [4.78, 5) is 36.4. The van der Waals surface area contributed by atoms with Gasteiger partial charge in [0.15, 0.2) is 11.5 Å². The average molecular weight is 610 g/mol. The van der Waals surface area contributed by atoms with E-state index in [2.05, 4.69) is 20.6 Å². The first-order chi connectivity index (χ1) is 21.8.